The van der Waals surface area contributed by atoms with E-state index in [0.29, 0.717) is 11.5 Å². The van der Waals surface area contributed by atoms with E-state index in [9.17, 15) is 0 Å². The number of hydrogen-bond donors (Lipinski definition) is 1. The third kappa shape index (κ3) is 1.95. The maximum absolute atomic E-state index is 9.11. The Morgan fingerprint density at radius 1 is 1.19 bits per heavy atom. The predicted octanol–water partition coefficient (Wildman–Crippen LogP) is 3.36. The Labute approximate surface area is 122 Å². The van der Waals surface area contributed by atoms with Gasteiger partial charge < -0.3 is 5.73 Å². The average molecular weight is 274 g/mol. The van der Waals surface area contributed by atoms with Crippen LogP contribution < -0.4 is 5.73 Å². The number of imidazole rings is 1. The van der Waals surface area contributed by atoms with Crippen molar-refractivity contribution in [1.82, 2.24) is 9.55 Å². The SMILES string of the molecule is N#Cc1cccc(-n2c(C3CC3)nc3cc(N)ccc32)c1. The molecule has 1 fully saturated rings. The molecule has 1 aromatic heterocycles. The van der Waals surface area contributed by atoms with Crippen molar-refractivity contribution in [2.24, 2.45) is 0 Å². The van der Waals surface area contributed by atoms with Crippen LogP contribution in [0.25, 0.3) is 16.7 Å². The summed E-state index contributed by atoms with van der Waals surface area (Å²) in [7, 11) is 0. The molecule has 1 saturated carbocycles. The van der Waals surface area contributed by atoms with Crippen LogP contribution >= 0.6 is 0 Å². The van der Waals surface area contributed by atoms with Gasteiger partial charge in [0, 0.05) is 17.3 Å². The van der Waals surface area contributed by atoms with Crippen LogP contribution in [0.1, 0.15) is 30.1 Å². The minimum absolute atomic E-state index is 0.518. The van der Waals surface area contributed by atoms with Gasteiger partial charge in [-0.05, 0) is 49.2 Å². The Bertz CT molecular complexity index is 881. The lowest BCUT2D eigenvalue weighted by atomic mass is 10.2. The first-order valence-electron chi connectivity index (χ1n) is 7.04. The summed E-state index contributed by atoms with van der Waals surface area (Å²) in [5.41, 5.74) is 10.2. The van der Waals surface area contributed by atoms with Crippen LogP contribution in [0, 0.1) is 11.3 Å². The molecule has 1 aliphatic rings. The van der Waals surface area contributed by atoms with Crippen molar-refractivity contribution in [3.63, 3.8) is 0 Å². The summed E-state index contributed by atoms with van der Waals surface area (Å²) in [5, 5.41) is 9.11. The molecule has 2 N–H and O–H groups in total. The fourth-order valence-electron chi connectivity index (χ4n) is 2.72. The molecule has 0 radical (unpaired) electrons. The van der Waals surface area contributed by atoms with Crippen molar-refractivity contribution >= 4 is 16.7 Å². The van der Waals surface area contributed by atoms with E-state index in [0.717, 1.165) is 28.2 Å². The van der Waals surface area contributed by atoms with Gasteiger partial charge in [-0.1, -0.05) is 6.07 Å². The minimum Gasteiger partial charge on any atom is -0.399 e. The molecule has 0 bridgehead atoms. The van der Waals surface area contributed by atoms with Crippen LogP contribution in [0.5, 0.6) is 0 Å². The largest absolute Gasteiger partial charge is 0.399 e. The highest BCUT2D eigenvalue weighted by molar-refractivity contribution is 5.81. The van der Waals surface area contributed by atoms with Crippen molar-refractivity contribution in [2.45, 2.75) is 18.8 Å². The highest BCUT2D eigenvalue weighted by Crippen LogP contribution is 2.42. The Morgan fingerprint density at radius 3 is 2.81 bits per heavy atom. The molecular formula is C17H14N4. The molecule has 0 saturated heterocycles. The molecule has 0 atom stereocenters. The van der Waals surface area contributed by atoms with Crippen LogP contribution in [-0.2, 0) is 0 Å². The molecule has 1 aliphatic carbocycles. The van der Waals surface area contributed by atoms with E-state index >= 15 is 0 Å². The second kappa shape index (κ2) is 4.35. The van der Waals surface area contributed by atoms with Gasteiger partial charge in [0.1, 0.15) is 5.82 Å². The number of aromatic nitrogens is 2. The van der Waals surface area contributed by atoms with Gasteiger partial charge in [-0.25, -0.2) is 4.98 Å². The zero-order valence-corrected chi connectivity index (χ0v) is 11.5. The van der Waals surface area contributed by atoms with Gasteiger partial charge in [0.15, 0.2) is 0 Å². The monoisotopic (exact) mass is 274 g/mol. The number of rotatable bonds is 2. The summed E-state index contributed by atoms with van der Waals surface area (Å²) in [4.78, 5) is 4.77. The van der Waals surface area contributed by atoms with Gasteiger partial charge >= 0.3 is 0 Å². The Hall–Kier alpha value is -2.80. The number of nitrogens with zero attached hydrogens (tertiary/aromatic N) is 3. The molecule has 4 nitrogen and oxygen atoms in total. The topological polar surface area (TPSA) is 67.6 Å². The average Bonchev–Trinajstić information content (AvgIpc) is 3.28. The predicted molar refractivity (Wildman–Crippen MR) is 82.2 cm³/mol. The zero-order chi connectivity index (χ0) is 14.4. The van der Waals surface area contributed by atoms with Gasteiger partial charge in [0.25, 0.3) is 0 Å². The first-order chi connectivity index (χ1) is 10.3. The van der Waals surface area contributed by atoms with Crippen LogP contribution in [0.2, 0.25) is 0 Å². The number of nitriles is 1. The van der Waals surface area contributed by atoms with E-state index in [4.69, 9.17) is 16.0 Å². The van der Waals surface area contributed by atoms with Crippen molar-refractivity contribution in [1.29, 1.82) is 5.26 Å². The third-order valence-electron chi connectivity index (χ3n) is 3.88. The molecule has 102 valence electrons. The third-order valence-corrected chi connectivity index (χ3v) is 3.88. The molecule has 0 spiro atoms. The van der Waals surface area contributed by atoms with Crippen LogP contribution in [0.4, 0.5) is 5.69 Å². The quantitative estimate of drug-likeness (QED) is 0.728. The number of benzene rings is 2. The fraction of sp³-hybridized carbons (Fsp3) is 0.176. The summed E-state index contributed by atoms with van der Waals surface area (Å²) in [6, 6.07) is 15.7. The molecule has 1 heterocycles. The van der Waals surface area contributed by atoms with E-state index < -0.39 is 0 Å². The van der Waals surface area contributed by atoms with Crippen molar-refractivity contribution in [2.75, 3.05) is 5.73 Å². The summed E-state index contributed by atoms with van der Waals surface area (Å²) < 4.78 is 2.16. The molecular weight excluding hydrogens is 260 g/mol. The molecule has 0 amide bonds. The van der Waals surface area contributed by atoms with Gasteiger partial charge in [0.05, 0.1) is 22.7 Å². The number of nitrogen functional groups attached to an aromatic ring is 1. The summed E-state index contributed by atoms with van der Waals surface area (Å²) in [6.45, 7) is 0. The van der Waals surface area contributed by atoms with E-state index in [2.05, 4.69) is 10.6 Å². The molecule has 4 rings (SSSR count). The summed E-state index contributed by atoms with van der Waals surface area (Å²) in [6.07, 6.45) is 2.35. The van der Waals surface area contributed by atoms with Crippen LogP contribution in [-0.4, -0.2) is 9.55 Å². The Balaban J connectivity index is 2.01. The second-order valence-electron chi connectivity index (χ2n) is 5.49. The Kier molecular flexibility index (Phi) is 2.48. The Morgan fingerprint density at radius 2 is 2.05 bits per heavy atom. The standard InChI is InChI=1S/C17H14N4/c18-10-11-2-1-3-14(8-11)21-16-7-6-13(19)9-15(16)20-17(21)12-4-5-12/h1-3,6-9,12H,4-5,19H2. The maximum Gasteiger partial charge on any atom is 0.117 e. The zero-order valence-electron chi connectivity index (χ0n) is 11.5. The number of hydrogen-bond acceptors (Lipinski definition) is 3. The first kappa shape index (κ1) is 12.0. The fourth-order valence-corrected chi connectivity index (χ4v) is 2.72. The van der Waals surface area contributed by atoms with E-state index in [1.165, 1.54) is 12.8 Å². The molecule has 0 aliphatic heterocycles. The lowest BCUT2D eigenvalue weighted by molar-refractivity contribution is 0.896. The van der Waals surface area contributed by atoms with E-state index in [1.807, 2.05) is 42.5 Å². The van der Waals surface area contributed by atoms with Crippen LogP contribution in [0.3, 0.4) is 0 Å². The first-order valence-corrected chi connectivity index (χ1v) is 7.04. The van der Waals surface area contributed by atoms with Crippen molar-refractivity contribution in [3.8, 4) is 11.8 Å². The minimum atomic E-state index is 0.518. The van der Waals surface area contributed by atoms with Crippen molar-refractivity contribution < 1.29 is 0 Å². The van der Waals surface area contributed by atoms with Crippen LogP contribution in [0.15, 0.2) is 42.5 Å². The number of anilines is 1. The smallest absolute Gasteiger partial charge is 0.117 e. The highest BCUT2D eigenvalue weighted by Gasteiger charge is 2.30. The number of nitrogens with two attached hydrogens (primary N) is 1. The second-order valence-corrected chi connectivity index (χ2v) is 5.49. The van der Waals surface area contributed by atoms with E-state index in [1.54, 1.807) is 0 Å². The number of fused-ring (bicyclic) bond motifs is 1. The molecule has 4 heteroatoms. The summed E-state index contributed by atoms with van der Waals surface area (Å²) >= 11 is 0. The maximum atomic E-state index is 9.11. The molecule has 3 aromatic rings. The normalized spacial score (nSPS) is 14.2. The van der Waals surface area contributed by atoms with Gasteiger partial charge in [-0.3, -0.25) is 4.57 Å². The van der Waals surface area contributed by atoms with Gasteiger partial charge in [-0.15, -0.1) is 0 Å². The van der Waals surface area contributed by atoms with E-state index in [-0.39, 0.29) is 0 Å². The van der Waals surface area contributed by atoms with Gasteiger partial charge in [0.2, 0.25) is 0 Å². The lowest BCUT2D eigenvalue weighted by Gasteiger charge is -2.09. The van der Waals surface area contributed by atoms with Crippen molar-refractivity contribution in [3.05, 3.63) is 53.9 Å². The summed E-state index contributed by atoms with van der Waals surface area (Å²) in [5.74, 6) is 1.59. The highest BCUT2D eigenvalue weighted by atomic mass is 15.1. The van der Waals surface area contributed by atoms with Gasteiger partial charge in [-0.2, -0.15) is 5.26 Å². The molecule has 21 heavy (non-hydrogen) atoms. The lowest BCUT2D eigenvalue weighted by Crippen LogP contribution is -2.00. The molecule has 2 aromatic carbocycles. The molecule has 0 unspecified atom stereocenters.